The number of nitrogens with one attached hydrogen (secondary N) is 1. The van der Waals surface area contributed by atoms with Gasteiger partial charge in [-0.1, -0.05) is 13.0 Å². The van der Waals surface area contributed by atoms with E-state index in [9.17, 15) is 14.4 Å². The van der Waals surface area contributed by atoms with Crippen LogP contribution in [0.4, 0.5) is 0 Å². The molecule has 2 amide bonds. The second kappa shape index (κ2) is 7.96. The van der Waals surface area contributed by atoms with Crippen molar-refractivity contribution in [2.45, 2.75) is 71.0 Å². The smallest absolute Gasteiger partial charge is 0.246 e. The zero-order valence-electron chi connectivity index (χ0n) is 13.2. The Bertz CT molecular complexity index is 420. The molecule has 0 aliphatic carbocycles. The topological polar surface area (TPSA) is 66.5 Å². The number of likely N-dealkylation sites (tertiary alicyclic amines) is 1. The van der Waals surface area contributed by atoms with Crippen LogP contribution in [-0.2, 0) is 14.4 Å². The van der Waals surface area contributed by atoms with Crippen LogP contribution in [0.15, 0.2) is 12.7 Å². The molecular weight excluding hydrogens is 268 g/mol. The molecule has 1 fully saturated rings. The average molecular weight is 294 g/mol. The van der Waals surface area contributed by atoms with Crippen LogP contribution < -0.4 is 5.32 Å². The first-order valence-corrected chi connectivity index (χ1v) is 7.62. The highest BCUT2D eigenvalue weighted by atomic mass is 16.2. The monoisotopic (exact) mass is 294 g/mol. The van der Waals surface area contributed by atoms with Crippen LogP contribution in [0.5, 0.6) is 0 Å². The molecule has 3 unspecified atom stereocenters. The molecule has 1 saturated heterocycles. The van der Waals surface area contributed by atoms with Crippen molar-refractivity contribution in [3.05, 3.63) is 12.7 Å². The molecule has 0 bridgehead atoms. The minimum atomic E-state index is -0.575. The number of hydrogen-bond acceptors (Lipinski definition) is 3. The van der Waals surface area contributed by atoms with Crippen molar-refractivity contribution < 1.29 is 14.4 Å². The van der Waals surface area contributed by atoms with Gasteiger partial charge in [0.25, 0.3) is 0 Å². The Morgan fingerprint density at radius 2 is 2.00 bits per heavy atom. The highest BCUT2D eigenvalue weighted by molar-refractivity contribution is 5.92. The second-order valence-electron chi connectivity index (χ2n) is 5.63. The normalized spacial score (nSPS) is 22.7. The third kappa shape index (κ3) is 4.41. The summed E-state index contributed by atoms with van der Waals surface area (Å²) in [5.41, 5.74) is 0. The number of hydrogen-bond donors (Lipinski definition) is 1. The van der Waals surface area contributed by atoms with Crippen LogP contribution >= 0.6 is 0 Å². The van der Waals surface area contributed by atoms with Crippen molar-refractivity contribution in [3.8, 4) is 0 Å². The number of carbonyl (C=O) groups excluding carboxylic acids is 3. The number of Topliss-reactive ketones (excluding diaryl/α,β-unsaturated/α-hetero) is 1. The maximum Gasteiger partial charge on any atom is 0.246 e. The zero-order valence-corrected chi connectivity index (χ0v) is 13.2. The fourth-order valence-corrected chi connectivity index (χ4v) is 2.98. The number of ketones is 1. The minimum Gasteiger partial charge on any atom is -0.345 e. The summed E-state index contributed by atoms with van der Waals surface area (Å²) >= 11 is 0. The van der Waals surface area contributed by atoms with Gasteiger partial charge in [-0.2, -0.15) is 0 Å². The maximum absolute atomic E-state index is 12.8. The Morgan fingerprint density at radius 1 is 1.33 bits per heavy atom. The molecule has 0 aromatic heterocycles. The van der Waals surface area contributed by atoms with E-state index in [0.717, 1.165) is 12.8 Å². The van der Waals surface area contributed by atoms with E-state index in [1.165, 1.54) is 13.8 Å². The summed E-state index contributed by atoms with van der Waals surface area (Å²) in [5.74, 6) is -0.356. The van der Waals surface area contributed by atoms with Gasteiger partial charge < -0.3 is 10.2 Å². The zero-order chi connectivity index (χ0) is 16.0. The first-order chi connectivity index (χ1) is 9.92. The second-order valence-corrected chi connectivity index (χ2v) is 5.63. The van der Waals surface area contributed by atoms with Gasteiger partial charge in [0.1, 0.15) is 6.04 Å². The molecule has 21 heavy (non-hydrogen) atoms. The molecule has 0 radical (unpaired) electrons. The van der Waals surface area contributed by atoms with E-state index in [0.29, 0.717) is 19.3 Å². The van der Waals surface area contributed by atoms with Crippen molar-refractivity contribution in [2.24, 2.45) is 0 Å². The fraction of sp³-hybridized carbons (Fsp3) is 0.688. The predicted molar refractivity (Wildman–Crippen MR) is 81.7 cm³/mol. The maximum atomic E-state index is 12.8. The third-order valence-electron chi connectivity index (χ3n) is 4.03. The lowest BCUT2D eigenvalue weighted by Crippen LogP contribution is -2.53. The fourth-order valence-electron chi connectivity index (χ4n) is 2.98. The highest BCUT2D eigenvalue weighted by Gasteiger charge is 2.40. The summed E-state index contributed by atoms with van der Waals surface area (Å²) in [7, 11) is 0. The first kappa shape index (κ1) is 17.4. The van der Waals surface area contributed by atoms with Gasteiger partial charge >= 0.3 is 0 Å². The van der Waals surface area contributed by atoms with Crippen LogP contribution in [0.25, 0.3) is 0 Å². The van der Waals surface area contributed by atoms with E-state index in [1.807, 2.05) is 6.92 Å². The Hall–Kier alpha value is -1.65. The first-order valence-electron chi connectivity index (χ1n) is 7.62. The van der Waals surface area contributed by atoms with Gasteiger partial charge in [-0.3, -0.25) is 14.4 Å². The van der Waals surface area contributed by atoms with Gasteiger partial charge in [-0.15, -0.1) is 6.58 Å². The molecule has 5 nitrogen and oxygen atoms in total. The molecule has 1 aliphatic heterocycles. The lowest BCUT2D eigenvalue weighted by molar-refractivity contribution is -0.142. The SMILES string of the molecule is C=CCCC(NC(C)=O)C(=O)N1C(CC)CCC1C(C)=O. The summed E-state index contributed by atoms with van der Waals surface area (Å²) in [6.07, 6.45) is 5.27. The van der Waals surface area contributed by atoms with E-state index in [4.69, 9.17) is 0 Å². The molecule has 1 aliphatic rings. The lowest BCUT2D eigenvalue weighted by atomic mass is 10.1. The third-order valence-corrected chi connectivity index (χ3v) is 4.03. The van der Waals surface area contributed by atoms with Gasteiger partial charge in [0, 0.05) is 13.0 Å². The van der Waals surface area contributed by atoms with Crippen molar-refractivity contribution in [1.29, 1.82) is 0 Å². The summed E-state index contributed by atoms with van der Waals surface area (Å²) in [4.78, 5) is 37.6. The Labute approximate surface area is 126 Å². The van der Waals surface area contributed by atoms with Gasteiger partial charge in [0.05, 0.1) is 6.04 Å². The van der Waals surface area contributed by atoms with Gasteiger partial charge in [0.15, 0.2) is 5.78 Å². The predicted octanol–water partition coefficient (Wildman–Crippen LogP) is 1.82. The standard InChI is InChI=1S/C16H26N2O3/c1-5-7-8-14(17-12(4)20)16(21)18-13(6-2)9-10-15(18)11(3)19/h5,13-15H,1,6-10H2,2-4H3,(H,17,20). The van der Waals surface area contributed by atoms with Crippen molar-refractivity contribution in [3.63, 3.8) is 0 Å². The van der Waals surface area contributed by atoms with Crippen molar-refractivity contribution >= 4 is 17.6 Å². The molecule has 1 heterocycles. The molecule has 0 aromatic rings. The summed E-state index contributed by atoms with van der Waals surface area (Å²) in [5, 5.41) is 2.71. The van der Waals surface area contributed by atoms with Gasteiger partial charge in [-0.05, 0) is 39.0 Å². The Balaban J connectivity index is 2.93. The molecule has 1 N–H and O–H groups in total. The van der Waals surface area contributed by atoms with E-state index in [2.05, 4.69) is 11.9 Å². The largest absolute Gasteiger partial charge is 0.345 e. The molecule has 3 atom stereocenters. The van der Waals surface area contributed by atoms with Gasteiger partial charge in [0.2, 0.25) is 11.8 Å². The number of allylic oxidation sites excluding steroid dienone is 1. The van der Waals surface area contributed by atoms with Crippen LogP contribution in [0.3, 0.4) is 0 Å². The van der Waals surface area contributed by atoms with Crippen LogP contribution in [-0.4, -0.2) is 40.6 Å². The van der Waals surface area contributed by atoms with E-state index in [-0.39, 0.29) is 29.7 Å². The summed E-state index contributed by atoms with van der Waals surface area (Å²) < 4.78 is 0. The molecule has 0 spiro atoms. The molecule has 1 rings (SSSR count). The lowest BCUT2D eigenvalue weighted by Gasteiger charge is -2.32. The minimum absolute atomic E-state index is 0.0181. The van der Waals surface area contributed by atoms with E-state index < -0.39 is 6.04 Å². The summed E-state index contributed by atoms with van der Waals surface area (Å²) in [6, 6.07) is -0.830. The van der Waals surface area contributed by atoms with Crippen LogP contribution in [0.1, 0.15) is 52.9 Å². The van der Waals surface area contributed by atoms with Crippen molar-refractivity contribution in [1.82, 2.24) is 10.2 Å². The highest BCUT2D eigenvalue weighted by Crippen LogP contribution is 2.28. The van der Waals surface area contributed by atoms with E-state index in [1.54, 1.807) is 11.0 Å². The van der Waals surface area contributed by atoms with E-state index >= 15 is 0 Å². The molecular formula is C16H26N2O3. The van der Waals surface area contributed by atoms with Crippen molar-refractivity contribution in [2.75, 3.05) is 0 Å². The number of nitrogens with zero attached hydrogens (tertiary/aromatic N) is 1. The quantitative estimate of drug-likeness (QED) is 0.728. The Kier molecular flexibility index (Phi) is 6.59. The molecule has 0 saturated carbocycles. The number of rotatable bonds is 7. The molecule has 5 heteroatoms. The summed E-state index contributed by atoms with van der Waals surface area (Å²) in [6.45, 7) is 8.60. The van der Waals surface area contributed by atoms with Crippen LogP contribution in [0, 0.1) is 0 Å². The number of carbonyl (C=O) groups is 3. The molecule has 0 aromatic carbocycles. The molecule has 118 valence electrons. The average Bonchev–Trinajstić information content (AvgIpc) is 2.86. The van der Waals surface area contributed by atoms with Gasteiger partial charge in [-0.25, -0.2) is 0 Å². The Morgan fingerprint density at radius 3 is 2.48 bits per heavy atom. The number of amides is 2. The van der Waals surface area contributed by atoms with Crippen LogP contribution in [0.2, 0.25) is 0 Å².